The molecule has 1 atom stereocenters. The van der Waals surface area contributed by atoms with E-state index in [4.69, 9.17) is 0 Å². The molecule has 3 aromatic rings. The van der Waals surface area contributed by atoms with Crippen molar-refractivity contribution >= 4 is 0 Å². The van der Waals surface area contributed by atoms with Gasteiger partial charge in [0.25, 0.3) is 5.56 Å². The fourth-order valence-corrected chi connectivity index (χ4v) is 3.96. The highest BCUT2D eigenvalue weighted by Gasteiger charge is 2.25. The van der Waals surface area contributed by atoms with E-state index in [2.05, 4.69) is 57.2 Å². The van der Waals surface area contributed by atoms with E-state index in [1.54, 1.807) is 6.07 Å². The third-order valence-electron chi connectivity index (χ3n) is 5.14. The van der Waals surface area contributed by atoms with Crippen LogP contribution in [0.15, 0.2) is 41.2 Å². The quantitative estimate of drug-likeness (QED) is 0.774. The molecule has 2 aromatic heterocycles. The van der Waals surface area contributed by atoms with Crippen molar-refractivity contribution in [2.75, 3.05) is 13.1 Å². The van der Waals surface area contributed by atoms with Crippen LogP contribution in [-0.4, -0.2) is 37.7 Å². The van der Waals surface area contributed by atoms with Gasteiger partial charge in [0, 0.05) is 30.8 Å². The number of aromatic amines is 1. The van der Waals surface area contributed by atoms with Gasteiger partial charge in [0.15, 0.2) is 0 Å². The number of hydrogen-bond donors (Lipinski definition) is 1. The molecule has 0 spiro atoms. The van der Waals surface area contributed by atoms with Crippen LogP contribution >= 0.6 is 0 Å². The molecule has 1 fully saturated rings. The molecule has 0 radical (unpaired) electrons. The Balaban J connectivity index is 1.48. The van der Waals surface area contributed by atoms with E-state index in [9.17, 15) is 4.79 Å². The van der Waals surface area contributed by atoms with Gasteiger partial charge in [-0.2, -0.15) is 5.10 Å². The Kier molecular flexibility index (Phi) is 4.66. The summed E-state index contributed by atoms with van der Waals surface area (Å²) in [4.78, 5) is 21.4. The second kappa shape index (κ2) is 7.12. The van der Waals surface area contributed by atoms with Crippen LogP contribution in [0.3, 0.4) is 0 Å². The highest BCUT2D eigenvalue weighted by atomic mass is 16.1. The molecular weight excluding hydrogens is 338 g/mol. The molecule has 4 rings (SSSR count). The second-order valence-corrected chi connectivity index (χ2v) is 7.49. The van der Waals surface area contributed by atoms with Gasteiger partial charge in [-0.25, -0.2) is 9.67 Å². The maximum Gasteiger partial charge on any atom is 0.251 e. The first-order valence-corrected chi connectivity index (χ1v) is 9.41. The number of nitrogens with zero attached hydrogens (tertiary/aromatic N) is 4. The van der Waals surface area contributed by atoms with Crippen LogP contribution in [0.25, 0.3) is 5.69 Å². The van der Waals surface area contributed by atoms with Crippen LogP contribution in [0, 0.1) is 20.8 Å². The molecule has 1 aliphatic rings. The van der Waals surface area contributed by atoms with Crippen LogP contribution in [0.5, 0.6) is 0 Å². The van der Waals surface area contributed by atoms with E-state index in [0.717, 1.165) is 48.8 Å². The van der Waals surface area contributed by atoms with Crippen LogP contribution in [0.1, 0.15) is 40.8 Å². The predicted octanol–water partition coefficient (Wildman–Crippen LogP) is 2.87. The third-order valence-corrected chi connectivity index (χ3v) is 5.14. The number of likely N-dealkylation sites (tertiary alicyclic amines) is 1. The first kappa shape index (κ1) is 17.7. The summed E-state index contributed by atoms with van der Waals surface area (Å²) < 4.78 is 1.99. The third kappa shape index (κ3) is 3.85. The Morgan fingerprint density at radius 1 is 1.19 bits per heavy atom. The summed E-state index contributed by atoms with van der Waals surface area (Å²) in [7, 11) is 0. The molecule has 0 bridgehead atoms. The molecule has 1 aromatic carbocycles. The summed E-state index contributed by atoms with van der Waals surface area (Å²) in [6, 6.07) is 12.3. The number of benzene rings is 1. The van der Waals surface area contributed by atoms with Crippen molar-refractivity contribution in [3.63, 3.8) is 0 Å². The number of nitrogens with one attached hydrogen (secondary N) is 1. The van der Waals surface area contributed by atoms with Crippen molar-refractivity contribution in [3.8, 4) is 5.69 Å². The Morgan fingerprint density at radius 2 is 2.04 bits per heavy atom. The molecule has 0 aliphatic carbocycles. The fraction of sp³-hybridized carbons (Fsp3) is 0.381. The van der Waals surface area contributed by atoms with E-state index in [1.165, 1.54) is 5.56 Å². The minimum atomic E-state index is -0.0615. The molecular formula is C21H25N5O. The van der Waals surface area contributed by atoms with E-state index >= 15 is 0 Å². The van der Waals surface area contributed by atoms with Gasteiger partial charge in [0.05, 0.1) is 17.1 Å². The van der Waals surface area contributed by atoms with Crippen LogP contribution in [-0.2, 0) is 6.54 Å². The Morgan fingerprint density at radius 3 is 2.78 bits per heavy atom. The zero-order valence-corrected chi connectivity index (χ0v) is 16.1. The second-order valence-electron chi connectivity index (χ2n) is 7.49. The average molecular weight is 363 g/mol. The first-order chi connectivity index (χ1) is 13.0. The minimum Gasteiger partial charge on any atom is -0.311 e. The molecule has 0 amide bonds. The molecule has 0 unspecified atom stereocenters. The zero-order chi connectivity index (χ0) is 19.0. The molecule has 27 heavy (non-hydrogen) atoms. The van der Waals surface area contributed by atoms with Crippen molar-refractivity contribution in [2.45, 2.75) is 39.7 Å². The number of aryl methyl sites for hydroxylation is 3. The molecule has 3 heterocycles. The summed E-state index contributed by atoms with van der Waals surface area (Å²) in [6.07, 6.45) is 1.03. The fourth-order valence-electron chi connectivity index (χ4n) is 3.96. The summed E-state index contributed by atoms with van der Waals surface area (Å²) in [6.45, 7) is 8.77. The van der Waals surface area contributed by atoms with Crippen molar-refractivity contribution in [3.05, 3.63) is 75.2 Å². The number of rotatable bonds is 4. The van der Waals surface area contributed by atoms with Gasteiger partial charge in [-0.05, 0) is 57.5 Å². The molecule has 6 nitrogen and oxygen atoms in total. The zero-order valence-electron chi connectivity index (χ0n) is 16.1. The van der Waals surface area contributed by atoms with E-state index in [1.807, 2.05) is 18.5 Å². The van der Waals surface area contributed by atoms with Crippen molar-refractivity contribution < 1.29 is 0 Å². The summed E-state index contributed by atoms with van der Waals surface area (Å²) in [5, 5.41) is 4.58. The molecule has 0 saturated carbocycles. The highest BCUT2D eigenvalue weighted by molar-refractivity contribution is 5.37. The SMILES string of the molecule is Cc1cc(C)n(-c2cccc(CN3CC[C@@H](c4cc(=O)[nH]c(C)n4)C3)c2)n1. The molecule has 1 aliphatic heterocycles. The van der Waals surface area contributed by atoms with Gasteiger partial charge in [0.2, 0.25) is 0 Å². The van der Waals surface area contributed by atoms with Crippen molar-refractivity contribution in [2.24, 2.45) is 0 Å². The van der Waals surface area contributed by atoms with Gasteiger partial charge >= 0.3 is 0 Å². The van der Waals surface area contributed by atoms with Gasteiger partial charge in [-0.1, -0.05) is 12.1 Å². The normalized spacial score (nSPS) is 17.5. The average Bonchev–Trinajstić information content (AvgIpc) is 3.20. The molecule has 1 saturated heterocycles. The van der Waals surface area contributed by atoms with Crippen molar-refractivity contribution in [1.82, 2.24) is 24.6 Å². The van der Waals surface area contributed by atoms with Gasteiger partial charge in [-0.3, -0.25) is 9.69 Å². The number of hydrogen-bond acceptors (Lipinski definition) is 4. The minimum absolute atomic E-state index is 0.0615. The van der Waals surface area contributed by atoms with Crippen LogP contribution < -0.4 is 5.56 Å². The van der Waals surface area contributed by atoms with Crippen molar-refractivity contribution in [1.29, 1.82) is 0 Å². The van der Waals surface area contributed by atoms with E-state index in [0.29, 0.717) is 11.7 Å². The summed E-state index contributed by atoms with van der Waals surface area (Å²) in [5.41, 5.74) is 5.39. The Labute approximate surface area is 158 Å². The molecule has 6 heteroatoms. The molecule has 140 valence electrons. The maximum atomic E-state index is 11.7. The van der Waals surface area contributed by atoms with Gasteiger partial charge in [0.1, 0.15) is 5.82 Å². The summed E-state index contributed by atoms with van der Waals surface area (Å²) >= 11 is 0. The maximum absolute atomic E-state index is 11.7. The highest BCUT2D eigenvalue weighted by Crippen LogP contribution is 2.26. The van der Waals surface area contributed by atoms with Crippen LogP contribution in [0.2, 0.25) is 0 Å². The smallest absolute Gasteiger partial charge is 0.251 e. The van der Waals surface area contributed by atoms with Gasteiger partial charge < -0.3 is 4.98 Å². The summed E-state index contributed by atoms with van der Waals surface area (Å²) in [5.74, 6) is 1.01. The van der Waals surface area contributed by atoms with Gasteiger partial charge in [-0.15, -0.1) is 0 Å². The lowest BCUT2D eigenvalue weighted by atomic mass is 10.0. The predicted molar refractivity (Wildman–Crippen MR) is 105 cm³/mol. The topological polar surface area (TPSA) is 66.8 Å². The monoisotopic (exact) mass is 363 g/mol. The first-order valence-electron chi connectivity index (χ1n) is 9.41. The van der Waals surface area contributed by atoms with E-state index in [-0.39, 0.29) is 5.56 Å². The largest absolute Gasteiger partial charge is 0.311 e. The standard InChI is InChI=1S/C21H25N5O/c1-14-9-15(2)26(24-14)19-6-4-5-17(10-19)12-25-8-7-18(13-25)20-11-21(27)23-16(3)22-20/h4-6,9-11,18H,7-8,12-13H2,1-3H3,(H,22,23,27)/t18-/m1/s1. The lowest BCUT2D eigenvalue weighted by molar-refractivity contribution is 0.326. The lowest BCUT2D eigenvalue weighted by Crippen LogP contribution is -2.21. The number of H-pyrrole nitrogens is 1. The Hall–Kier alpha value is -2.73. The van der Waals surface area contributed by atoms with E-state index < -0.39 is 0 Å². The lowest BCUT2D eigenvalue weighted by Gasteiger charge is -2.17. The Bertz CT molecular complexity index is 1020. The molecule has 1 N–H and O–H groups in total. The van der Waals surface area contributed by atoms with Crippen LogP contribution in [0.4, 0.5) is 0 Å². The number of aromatic nitrogens is 4.